The van der Waals surface area contributed by atoms with Crippen LogP contribution in [-0.4, -0.2) is 56.2 Å². The largest absolute Gasteiger partial charge is 0.482 e. The molecule has 0 spiro atoms. The molecule has 7 nitrogen and oxygen atoms in total. The number of H-pyrrole nitrogens is 1. The maximum absolute atomic E-state index is 11.9. The molecule has 0 unspecified atom stereocenters. The van der Waals surface area contributed by atoms with E-state index in [1.54, 1.807) is 32.4 Å². The third-order valence-corrected chi connectivity index (χ3v) is 7.12. The van der Waals surface area contributed by atoms with Crippen LogP contribution in [0, 0.1) is 5.92 Å². The standard InChI is InChI=1S/C25H29N3O4S/c1-28(2)24(29)16-32-20-13-19-14-23(27-25(19)26-15-20)22(12-17-6-4-5-7-17)18-8-10-21(11-9-18)33(3,30)31/h8-15,17H,4-7,16H2,1-3H3,(H,26,27). The number of carbonyl (C=O) groups excluding carboxylic acids is 1. The van der Waals surface area contributed by atoms with Gasteiger partial charge in [0.15, 0.2) is 16.4 Å². The maximum Gasteiger partial charge on any atom is 0.259 e. The number of amides is 1. The molecule has 0 bridgehead atoms. The van der Waals surface area contributed by atoms with Crippen molar-refractivity contribution in [3.8, 4) is 5.75 Å². The van der Waals surface area contributed by atoms with Gasteiger partial charge < -0.3 is 14.6 Å². The predicted octanol–water partition coefficient (Wildman–Crippen LogP) is 4.06. The number of carbonyl (C=O) groups is 1. The lowest BCUT2D eigenvalue weighted by molar-refractivity contribution is -0.130. The Morgan fingerprint density at radius 1 is 1.18 bits per heavy atom. The van der Waals surface area contributed by atoms with Gasteiger partial charge in [0.05, 0.1) is 11.1 Å². The summed E-state index contributed by atoms with van der Waals surface area (Å²) < 4.78 is 29.4. The number of benzene rings is 1. The summed E-state index contributed by atoms with van der Waals surface area (Å²) in [5.74, 6) is 0.899. The van der Waals surface area contributed by atoms with E-state index in [2.05, 4.69) is 16.0 Å². The quantitative estimate of drug-likeness (QED) is 0.566. The summed E-state index contributed by atoms with van der Waals surface area (Å²) >= 11 is 0. The summed E-state index contributed by atoms with van der Waals surface area (Å²) in [6, 6.07) is 10.9. The van der Waals surface area contributed by atoms with Gasteiger partial charge in [-0.2, -0.15) is 0 Å². The van der Waals surface area contributed by atoms with Crippen LogP contribution < -0.4 is 4.74 Å². The number of ether oxygens (including phenoxy) is 1. The number of sulfone groups is 1. The van der Waals surface area contributed by atoms with E-state index in [0.717, 1.165) is 40.7 Å². The number of hydrogen-bond acceptors (Lipinski definition) is 5. The molecule has 1 amide bonds. The first-order chi connectivity index (χ1) is 15.7. The Bertz CT molecular complexity index is 1280. The van der Waals surface area contributed by atoms with Crippen LogP contribution in [0.1, 0.15) is 36.9 Å². The zero-order chi connectivity index (χ0) is 23.6. The van der Waals surface area contributed by atoms with Crippen molar-refractivity contribution < 1.29 is 17.9 Å². The SMILES string of the molecule is CN(C)C(=O)COc1cnc2[nH]c(C(=CC3CCCC3)c3ccc(S(C)(=O)=O)cc3)cc2c1. The van der Waals surface area contributed by atoms with Crippen LogP contribution in [-0.2, 0) is 14.6 Å². The van der Waals surface area contributed by atoms with Crippen LogP contribution in [0.25, 0.3) is 16.6 Å². The summed E-state index contributed by atoms with van der Waals surface area (Å²) in [7, 11) is 0.121. The predicted molar refractivity (Wildman–Crippen MR) is 129 cm³/mol. The van der Waals surface area contributed by atoms with Gasteiger partial charge in [0.25, 0.3) is 5.91 Å². The fourth-order valence-electron chi connectivity index (χ4n) is 4.08. The van der Waals surface area contributed by atoms with E-state index in [4.69, 9.17) is 4.74 Å². The number of nitrogens with one attached hydrogen (secondary N) is 1. The molecule has 2 heterocycles. The normalized spacial score (nSPS) is 15.2. The number of rotatable bonds is 7. The Hall–Kier alpha value is -3.13. The van der Waals surface area contributed by atoms with Gasteiger partial charge in [0, 0.05) is 37.0 Å². The maximum atomic E-state index is 11.9. The highest BCUT2D eigenvalue weighted by molar-refractivity contribution is 7.90. The monoisotopic (exact) mass is 467 g/mol. The van der Waals surface area contributed by atoms with Crippen LogP contribution in [0.2, 0.25) is 0 Å². The molecule has 1 aromatic carbocycles. The molecule has 0 saturated heterocycles. The number of aromatic amines is 1. The molecule has 8 heteroatoms. The van der Waals surface area contributed by atoms with Crippen LogP contribution >= 0.6 is 0 Å². The summed E-state index contributed by atoms with van der Waals surface area (Å²) in [6.07, 6.45) is 9.87. The summed E-state index contributed by atoms with van der Waals surface area (Å²) in [5, 5.41) is 0.880. The molecular formula is C25H29N3O4S. The van der Waals surface area contributed by atoms with E-state index in [1.807, 2.05) is 24.3 Å². The minimum atomic E-state index is -3.25. The molecule has 1 aliphatic rings. The van der Waals surface area contributed by atoms with Crippen molar-refractivity contribution in [2.45, 2.75) is 30.6 Å². The third kappa shape index (κ3) is 5.45. The summed E-state index contributed by atoms with van der Waals surface area (Å²) in [5.41, 5.74) is 3.62. The molecule has 0 atom stereocenters. The molecule has 4 rings (SSSR count). The lowest BCUT2D eigenvalue weighted by atomic mass is 9.96. The van der Waals surface area contributed by atoms with Gasteiger partial charge in [-0.1, -0.05) is 31.1 Å². The van der Waals surface area contributed by atoms with Crippen molar-refractivity contribution in [2.75, 3.05) is 27.0 Å². The second-order valence-corrected chi connectivity index (χ2v) is 10.8. The first-order valence-electron chi connectivity index (χ1n) is 11.0. The van der Waals surface area contributed by atoms with Crippen molar-refractivity contribution in [2.24, 2.45) is 5.92 Å². The Balaban J connectivity index is 1.68. The number of hydrogen-bond donors (Lipinski definition) is 1. The molecular weight excluding hydrogens is 438 g/mol. The second kappa shape index (κ2) is 9.39. The topological polar surface area (TPSA) is 92.4 Å². The molecule has 1 N–H and O–H groups in total. The third-order valence-electron chi connectivity index (χ3n) is 5.99. The average molecular weight is 468 g/mol. The number of fused-ring (bicyclic) bond motifs is 1. The first-order valence-corrected chi connectivity index (χ1v) is 12.9. The molecule has 3 aromatic rings. The smallest absolute Gasteiger partial charge is 0.259 e. The second-order valence-electron chi connectivity index (χ2n) is 8.79. The van der Waals surface area contributed by atoms with Gasteiger partial charge in [0.2, 0.25) is 0 Å². The van der Waals surface area contributed by atoms with Gasteiger partial charge in [-0.25, -0.2) is 13.4 Å². The van der Waals surface area contributed by atoms with Crippen molar-refractivity contribution in [3.63, 3.8) is 0 Å². The van der Waals surface area contributed by atoms with Crippen LogP contribution in [0.4, 0.5) is 0 Å². The lowest BCUT2D eigenvalue weighted by Gasteiger charge is -2.11. The fraction of sp³-hybridized carbons (Fsp3) is 0.360. The Kier molecular flexibility index (Phi) is 6.56. The molecule has 0 aliphatic heterocycles. The fourth-order valence-corrected chi connectivity index (χ4v) is 4.71. The highest BCUT2D eigenvalue weighted by Crippen LogP contribution is 2.33. The number of aromatic nitrogens is 2. The van der Waals surface area contributed by atoms with E-state index in [-0.39, 0.29) is 12.5 Å². The van der Waals surface area contributed by atoms with Gasteiger partial charge in [-0.05, 0) is 48.6 Å². The molecule has 174 valence electrons. The lowest BCUT2D eigenvalue weighted by Crippen LogP contribution is -2.27. The van der Waals surface area contributed by atoms with Crippen LogP contribution in [0.3, 0.4) is 0 Å². The van der Waals surface area contributed by atoms with E-state index in [0.29, 0.717) is 16.6 Å². The van der Waals surface area contributed by atoms with Crippen molar-refractivity contribution >= 4 is 32.4 Å². The Morgan fingerprint density at radius 2 is 1.88 bits per heavy atom. The van der Waals surface area contributed by atoms with E-state index in [1.165, 1.54) is 24.0 Å². The minimum Gasteiger partial charge on any atom is -0.482 e. The van der Waals surface area contributed by atoms with Crippen molar-refractivity contribution in [3.05, 3.63) is 59.9 Å². The number of likely N-dealkylation sites (N-methyl/N-ethyl adjacent to an activating group) is 1. The Morgan fingerprint density at radius 3 is 2.52 bits per heavy atom. The zero-order valence-electron chi connectivity index (χ0n) is 19.2. The average Bonchev–Trinajstić information content (AvgIpc) is 3.44. The highest BCUT2D eigenvalue weighted by atomic mass is 32.2. The molecule has 1 saturated carbocycles. The first kappa shape index (κ1) is 23.0. The number of nitrogens with zero attached hydrogens (tertiary/aromatic N) is 2. The van der Waals surface area contributed by atoms with Gasteiger partial charge in [0.1, 0.15) is 11.4 Å². The molecule has 2 aromatic heterocycles. The molecule has 1 aliphatic carbocycles. The van der Waals surface area contributed by atoms with E-state index < -0.39 is 9.84 Å². The zero-order valence-corrected chi connectivity index (χ0v) is 20.0. The number of allylic oxidation sites excluding steroid dienone is 1. The Labute approximate surface area is 194 Å². The van der Waals surface area contributed by atoms with Crippen molar-refractivity contribution in [1.82, 2.24) is 14.9 Å². The minimum absolute atomic E-state index is 0.0447. The molecule has 1 fully saturated rings. The van der Waals surface area contributed by atoms with Crippen LogP contribution in [0.15, 0.2) is 53.6 Å². The van der Waals surface area contributed by atoms with Gasteiger partial charge in [-0.3, -0.25) is 4.79 Å². The number of pyridine rings is 1. The van der Waals surface area contributed by atoms with Crippen LogP contribution in [0.5, 0.6) is 5.75 Å². The van der Waals surface area contributed by atoms with E-state index >= 15 is 0 Å². The molecule has 0 radical (unpaired) electrons. The molecule has 33 heavy (non-hydrogen) atoms. The van der Waals surface area contributed by atoms with Gasteiger partial charge in [-0.15, -0.1) is 0 Å². The van der Waals surface area contributed by atoms with Crippen molar-refractivity contribution in [1.29, 1.82) is 0 Å². The highest BCUT2D eigenvalue weighted by Gasteiger charge is 2.18. The summed E-state index contributed by atoms with van der Waals surface area (Å²) in [4.78, 5) is 21.5. The summed E-state index contributed by atoms with van der Waals surface area (Å²) in [6.45, 7) is -0.0447. The van der Waals surface area contributed by atoms with E-state index in [9.17, 15) is 13.2 Å². The van der Waals surface area contributed by atoms with Gasteiger partial charge >= 0.3 is 0 Å².